The number of carbonyl (C=O) groups is 2. The fourth-order valence-corrected chi connectivity index (χ4v) is 8.27. The topological polar surface area (TPSA) is 115 Å². The van der Waals surface area contributed by atoms with Gasteiger partial charge >= 0.3 is 0 Å². The lowest BCUT2D eigenvalue weighted by molar-refractivity contribution is -0.117. The molecule has 0 spiro atoms. The number of rotatable bonds is 14. The fourth-order valence-electron chi connectivity index (χ4n) is 4.97. The number of aliphatic hydroxyl groups excluding tert-OH is 1. The summed E-state index contributed by atoms with van der Waals surface area (Å²) in [5, 5.41) is 21.9. The lowest BCUT2D eigenvalue weighted by atomic mass is 9.95. The van der Waals surface area contributed by atoms with E-state index < -0.39 is 23.5 Å². The van der Waals surface area contributed by atoms with Crippen LogP contribution < -0.4 is 14.4 Å². The Morgan fingerprint density at radius 1 is 1.04 bits per heavy atom. The van der Waals surface area contributed by atoms with Crippen LogP contribution >= 0.6 is 57.6 Å². The van der Waals surface area contributed by atoms with Gasteiger partial charge in [0.15, 0.2) is 21.6 Å². The number of nitrogens with zero attached hydrogens (tertiary/aromatic N) is 4. The Kier molecular flexibility index (Phi) is 11.3. The van der Waals surface area contributed by atoms with E-state index in [1.165, 1.54) is 39.3 Å². The van der Waals surface area contributed by atoms with E-state index in [4.69, 9.17) is 32.7 Å². The van der Waals surface area contributed by atoms with Crippen molar-refractivity contribution in [2.45, 2.75) is 63.1 Å². The van der Waals surface area contributed by atoms with Gasteiger partial charge in [-0.2, -0.15) is 0 Å². The molecule has 1 unspecified atom stereocenters. The van der Waals surface area contributed by atoms with Crippen LogP contribution in [-0.4, -0.2) is 45.2 Å². The van der Waals surface area contributed by atoms with Crippen LogP contribution in [0.15, 0.2) is 52.1 Å². The van der Waals surface area contributed by atoms with Crippen LogP contribution in [0.3, 0.4) is 0 Å². The summed E-state index contributed by atoms with van der Waals surface area (Å²) in [6, 6.07) is 9.57. The van der Waals surface area contributed by atoms with Crippen LogP contribution in [0.5, 0.6) is 11.5 Å². The van der Waals surface area contributed by atoms with E-state index in [1.54, 1.807) is 44.2 Å². The molecule has 0 fully saturated rings. The molecule has 2 aromatic heterocycles. The maximum absolute atomic E-state index is 14.1. The Bertz CT molecular complexity index is 1790. The number of amides is 1. The van der Waals surface area contributed by atoms with Crippen LogP contribution in [-0.2, 0) is 10.5 Å². The smallest absolute Gasteiger partial charge is 0.296 e. The van der Waals surface area contributed by atoms with Gasteiger partial charge in [0.05, 0.1) is 40.4 Å². The molecule has 1 aliphatic heterocycles. The van der Waals surface area contributed by atoms with E-state index in [0.29, 0.717) is 66.0 Å². The first-order valence-corrected chi connectivity index (χ1v) is 18.1. The molecule has 5 rings (SSSR count). The van der Waals surface area contributed by atoms with Crippen LogP contribution in [0.1, 0.15) is 70.7 Å². The molecule has 0 radical (unpaired) electrons. The van der Waals surface area contributed by atoms with Crippen LogP contribution in [0.4, 0.5) is 5.13 Å². The van der Waals surface area contributed by atoms with E-state index in [2.05, 4.69) is 22.1 Å². The highest BCUT2D eigenvalue weighted by atomic mass is 35.5. The van der Waals surface area contributed by atoms with E-state index in [0.717, 1.165) is 24.8 Å². The molecular formula is C32H32Cl2N4O5S3. The molecule has 9 nitrogen and oxygen atoms in total. The van der Waals surface area contributed by atoms with Gasteiger partial charge in [-0.25, -0.2) is 4.98 Å². The predicted octanol–water partition coefficient (Wildman–Crippen LogP) is 8.96. The second kappa shape index (κ2) is 15.2. The van der Waals surface area contributed by atoms with Gasteiger partial charge in [-0.1, -0.05) is 78.2 Å². The monoisotopic (exact) mass is 718 g/mol. The number of hydrogen-bond acceptors (Lipinski definition) is 11. The molecule has 1 aliphatic rings. The zero-order valence-electron chi connectivity index (χ0n) is 25.6. The van der Waals surface area contributed by atoms with Crippen molar-refractivity contribution in [3.8, 4) is 11.5 Å². The summed E-state index contributed by atoms with van der Waals surface area (Å²) in [4.78, 5) is 33.9. The van der Waals surface area contributed by atoms with Crippen molar-refractivity contribution in [2.75, 3.05) is 18.1 Å². The SMILES string of the molecule is CCCCCOc1ccc(C2C(C(=O)c3sc(C)nc3C)=C(O)C(=O)N2c2nnc(SCc3ccc(Cl)cc3Cl)s2)cc1OCC. The van der Waals surface area contributed by atoms with Crippen molar-refractivity contribution in [3.05, 3.63) is 84.5 Å². The first-order valence-electron chi connectivity index (χ1n) is 14.7. The summed E-state index contributed by atoms with van der Waals surface area (Å²) in [6.45, 7) is 8.44. The van der Waals surface area contributed by atoms with Gasteiger partial charge in [0.2, 0.25) is 10.9 Å². The number of thioether (sulfide) groups is 1. The average molecular weight is 720 g/mol. The van der Waals surface area contributed by atoms with E-state index in [9.17, 15) is 14.7 Å². The zero-order chi connectivity index (χ0) is 33.0. The highest BCUT2D eigenvalue weighted by Gasteiger charge is 2.47. The normalized spacial score (nSPS) is 14.8. The number of aromatic nitrogens is 3. The van der Waals surface area contributed by atoms with Gasteiger partial charge in [-0.05, 0) is 62.6 Å². The standard InChI is InChI=1S/C32H32Cl2N4O5S3/c1-5-7-8-13-43-23-12-10-19(14-24(23)42-6-2)26-25(27(39)29-17(3)35-18(4)45-29)28(40)30(41)38(26)31-36-37-32(46-31)44-16-20-9-11-21(33)15-22(20)34/h9-12,14-15,26,40H,5-8,13,16H2,1-4H3. The van der Waals surface area contributed by atoms with E-state index in [1.807, 2.05) is 13.0 Å². The molecule has 242 valence electrons. The summed E-state index contributed by atoms with van der Waals surface area (Å²) in [7, 11) is 0. The van der Waals surface area contributed by atoms with Crippen LogP contribution in [0.25, 0.3) is 0 Å². The minimum Gasteiger partial charge on any atom is -0.503 e. The number of anilines is 1. The summed E-state index contributed by atoms with van der Waals surface area (Å²) in [5.74, 6) is -0.343. The molecule has 3 heterocycles. The number of hydrogen-bond donors (Lipinski definition) is 1. The van der Waals surface area contributed by atoms with Crippen molar-refractivity contribution in [1.29, 1.82) is 0 Å². The Balaban J connectivity index is 1.52. The van der Waals surface area contributed by atoms with Crippen molar-refractivity contribution in [2.24, 2.45) is 0 Å². The van der Waals surface area contributed by atoms with Crippen LogP contribution in [0.2, 0.25) is 10.0 Å². The van der Waals surface area contributed by atoms with Gasteiger partial charge in [0.1, 0.15) is 0 Å². The maximum Gasteiger partial charge on any atom is 0.296 e. The maximum atomic E-state index is 14.1. The van der Waals surface area contributed by atoms with Crippen molar-refractivity contribution >= 4 is 74.5 Å². The highest BCUT2D eigenvalue weighted by Crippen LogP contribution is 2.46. The second-order valence-electron chi connectivity index (χ2n) is 10.4. The second-order valence-corrected chi connectivity index (χ2v) is 14.6. The largest absolute Gasteiger partial charge is 0.503 e. The highest BCUT2D eigenvalue weighted by molar-refractivity contribution is 8.00. The van der Waals surface area contributed by atoms with Crippen molar-refractivity contribution in [3.63, 3.8) is 0 Å². The van der Waals surface area contributed by atoms with E-state index >= 15 is 0 Å². The summed E-state index contributed by atoms with van der Waals surface area (Å²) in [5.41, 5.74) is 1.87. The molecule has 0 aliphatic carbocycles. The molecule has 1 amide bonds. The van der Waals surface area contributed by atoms with Gasteiger partial charge < -0.3 is 14.6 Å². The third kappa shape index (κ3) is 7.36. The van der Waals surface area contributed by atoms with Gasteiger partial charge in [0, 0.05) is 15.8 Å². The van der Waals surface area contributed by atoms with Crippen molar-refractivity contribution in [1.82, 2.24) is 15.2 Å². The third-order valence-corrected chi connectivity index (χ3v) is 10.9. The molecule has 1 atom stereocenters. The summed E-state index contributed by atoms with van der Waals surface area (Å²) >= 11 is 16.2. The third-order valence-electron chi connectivity index (χ3n) is 7.12. The lowest BCUT2D eigenvalue weighted by Gasteiger charge is -2.25. The first kappa shape index (κ1) is 34.2. The number of aliphatic hydroxyl groups is 1. The minimum atomic E-state index is -1.01. The Labute approximate surface area is 289 Å². The van der Waals surface area contributed by atoms with Gasteiger partial charge in [0.25, 0.3) is 5.91 Å². The van der Waals surface area contributed by atoms with Crippen LogP contribution in [0, 0.1) is 13.8 Å². The number of ketones is 1. The summed E-state index contributed by atoms with van der Waals surface area (Å²) < 4.78 is 12.5. The Hall–Kier alpha value is -3.16. The number of unbranched alkanes of at least 4 members (excludes halogenated alkanes) is 2. The molecule has 1 N–H and O–H groups in total. The minimum absolute atomic E-state index is 0.0619. The summed E-state index contributed by atoms with van der Waals surface area (Å²) in [6.07, 6.45) is 3.01. The number of thiazole rings is 1. The Morgan fingerprint density at radius 2 is 1.85 bits per heavy atom. The molecule has 0 saturated heterocycles. The first-order chi connectivity index (χ1) is 22.1. The van der Waals surface area contributed by atoms with Crippen molar-refractivity contribution < 1.29 is 24.2 Å². The average Bonchev–Trinajstić information content (AvgIpc) is 3.70. The molecule has 4 aromatic rings. The molecule has 2 aromatic carbocycles. The Morgan fingerprint density at radius 3 is 2.54 bits per heavy atom. The molecule has 14 heteroatoms. The predicted molar refractivity (Wildman–Crippen MR) is 184 cm³/mol. The molecule has 0 bridgehead atoms. The molecular weight excluding hydrogens is 687 g/mol. The number of benzene rings is 2. The number of carbonyl (C=O) groups excluding carboxylic acids is 2. The number of halogens is 2. The number of Topliss-reactive ketones (excluding diaryl/α,β-unsaturated/α-hetero) is 1. The molecule has 0 saturated carbocycles. The zero-order valence-corrected chi connectivity index (χ0v) is 29.6. The quantitative estimate of drug-likeness (QED) is 0.0590. The van der Waals surface area contributed by atoms with Gasteiger partial charge in [-0.3, -0.25) is 14.5 Å². The van der Waals surface area contributed by atoms with E-state index in [-0.39, 0.29) is 10.7 Å². The molecule has 46 heavy (non-hydrogen) atoms. The number of ether oxygens (including phenoxy) is 2. The number of aryl methyl sites for hydroxylation is 2. The van der Waals surface area contributed by atoms with Gasteiger partial charge in [-0.15, -0.1) is 21.5 Å². The fraction of sp³-hybridized carbons (Fsp3) is 0.344. The lowest BCUT2D eigenvalue weighted by Crippen LogP contribution is -2.31.